The van der Waals surface area contributed by atoms with Gasteiger partial charge in [-0.2, -0.15) is 13.2 Å². The molecule has 118 valence electrons. The van der Waals surface area contributed by atoms with Crippen LogP contribution in [0.25, 0.3) is 0 Å². The van der Waals surface area contributed by atoms with Crippen LogP contribution in [-0.4, -0.2) is 17.4 Å². The summed E-state index contributed by atoms with van der Waals surface area (Å²) in [7, 11) is 0. The van der Waals surface area contributed by atoms with Crippen molar-refractivity contribution in [2.75, 3.05) is 0 Å². The number of ether oxygens (including phenoxy) is 1. The predicted octanol–water partition coefficient (Wildman–Crippen LogP) is 3.19. The Bertz CT molecular complexity index is 602. The van der Waals surface area contributed by atoms with Crippen LogP contribution in [0.15, 0.2) is 54.6 Å². The molecule has 0 unspecified atom stereocenters. The summed E-state index contributed by atoms with van der Waals surface area (Å²) in [4.78, 5) is 0. The highest BCUT2D eigenvalue weighted by molar-refractivity contribution is 5.36. The van der Waals surface area contributed by atoms with Gasteiger partial charge in [-0.25, -0.2) is 0 Å². The van der Waals surface area contributed by atoms with E-state index in [1.807, 2.05) is 30.3 Å². The second kappa shape index (κ2) is 6.81. The molecule has 0 aromatic heterocycles. The molecule has 3 nitrogen and oxygen atoms in total. The normalized spacial score (nSPS) is 14.4. The number of nitrogens with two attached hydrogens (primary N) is 1. The second-order valence-electron chi connectivity index (χ2n) is 4.82. The molecule has 0 bridgehead atoms. The summed E-state index contributed by atoms with van der Waals surface area (Å²) in [6.45, 7) is 0.201. The molecule has 0 aliphatic carbocycles. The smallest absolute Gasteiger partial charge is 0.416 e. The maximum Gasteiger partial charge on any atom is 0.416 e. The van der Waals surface area contributed by atoms with E-state index in [9.17, 15) is 18.3 Å². The molecule has 6 heteroatoms. The van der Waals surface area contributed by atoms with Crippen LogP contribution in [0.5, 0.6) is 5.75 Å². The van der Waals surface area contributed by atoms with Crippen LogP contribution in [0, 0.1) is 0 Å². The minimum atomic E-state index is -4.79. The van der Waals surface area contributed by atoms with Crippen LogP contribution < -0.4 is 10.5 Å². The number of halogens is 3. The molecule has 0 heterocycles. The van der Waals surface area contributed by atoms with Crippen molar-refractivity contribution in [3.63, 3.8) is 0 Å². The van der Waals surface area contributed by atoms with Crippen molar-refractivity contribution in [3.8, 4) is 5.75 Å². The molecule has 0 spiro atoms. The first kappa shape index (κ1) is 16.3. The van der Waals surface area contributed by atoms with Gasteiger partial charge in [0.1, 0.15) is 12.4 Å². The van der Waals surface area contributed by atoms with Gasteiger partial charge >= 0.3 is 6.18 Å². The Labute approximate surface area is 126 Å². The van der Waals surface area contributed by atoms with Gasteiger partial charge in [-0.15, -0.1) is 0 Å². The molecule has 3 N–H and O–H groups in total. The average molecular weight is 311 g/mol. The zero-order valence-corrected chi connectivity index (χ0v) is 11.6. The first-order valence-corrected chi connectivity index (χ1v) is 6.65. The largest absolute Gasteiger partial charge is 0.489 e. The number of rotatable bonds is 5. The van der Waals surface area contributed by atoms with Gasteiger partial charge in [0.15, 0.2) is 6.10 Å². The molecule has 0 saturated carbocycles. The third kappa shape index (κ3) is 3.99. The summed E-state index contributed by atoms with van der Waals surface area (Å²) in [6, 6.07) is 13.7. The van der Waals surface area contributed by atoms with Crippen LogP contribution in [0.1, 0.15) is 17.2 Å². The van der Waals surface area contributed by atoms with Gasteiger partial charge < -0.3 is 15.6 Å². The molecule has 0 saturated heterocycles. The van der Waals surface area contributed by atoms with E-state index in [-0.39, 0.29) is 17.9 Å². The zero-order valence-electron chi connectivity index (χ0n) is 11.6. The molecule has 2 aromatic rings. The topological polar surface area (TPSA) is 55.5 Å². The van der Waals surface area contributed by atoms with E-state index in [2.05, 4.69) is 0 Å². The van der Waals surface area contributed by atoms with Gasteiger partial charge in [0.25, 0.3) is 0 Å². The SMILES string of the molecule is N[C@H](c1ccccc1OCc1ccccc1)[C@@H](O)C(F)(F)F. The molecule has 2 rings (SSSR count). The summed E-state index contributed by atoms with van der Waals surface area (Å²) >= 11 is 0. The van der Waals surface area contributed by atoms with Gasteiger partial charge in [0, 0.05) is 5.56 Å². The van der Waals surface area contributed by atoms with Crippen molar-refractivity contribution in [2.24, 2.45) is 5.73 Å². The fourth-order valence-electron chi connectivity index (χ4n) is 2.00. The molecule has 2 atom stereocenters. The van der Waals surface area contributed by atoms with Crippen LogP contribution in [-0.2, 0) is 6.61 Å². The van der Waals surface area contributed by atoms with E-state index in [1.54, 1.807) is 12.1 Å². The third-order valence-electron chi connectivity index (χ3n) is 3.19. The van der Waals surface area contributed by atoms with Crippen LogP contribution in [0.2, 0.25) is 0 Å². The number of benzene rings is 2. The molecule has 22 heavy (non-hydrogen) atoms. The fraction of sp³-hybridized carbons (Fsp3) is 0.250. The van der Waals surface area contributed by atoms with Gasteiger partial charge in [-0.05, 0) is 11.6 Å². The lowest BCUT2D eigenvalue weighted by atomic mass is 10.0. The summed E-state index contributed by atoms with van der Waals surface area (Å²) < 4.78 is 43.3. The molecular weight excluding hydrogens is 295 g/mol. The highest BCUT2D eigenvalue weighted by atomic mass is 19.4. The molecule has 0 aliphatic rings. The van der Waals surface area contributed by atoms with E-state index in [0.717, 1.165) is 5.56 Å². The molecule has 2 aromatic carbocycles. The highest BCUT2D eigenvalue weighted by Crippen LogP contribution is 2.33. The number of aliphatic hydroxyl groups is 1. The minimum Gasteiger partial charge on any atom is -0.489 e. The van der Waals surface area contributed by atoms with E-state index in [4.69, 9.17) is 10.5 Å². The highest BCUT2D eigenvalue weighted by Gasteiger charge is 2.43. The minimum absolute atomic E-state index is 0.114. The molecule has 0 fully saturated rings. The molecular formula is C16H16F3NO2. The Balaban J connectivity index is 2.16. The summed E-state index contributed by atoms with van der Waals surface area (Å²) in [5, 5.41) is 9.31. The number of aliphatic hydroxyl groups excluding tert-OH is 1. The van der Waals surface area contributed by atoms with E-state index in [0.29, 0.717) is 0 Å². The van der Waals surface area contributed by atoms with Crippen molar-refractivity contribution < 1.29 is 23.0 Å². The Hall–Kier alpha value is -2.05. The van der Waals surface area contributed by atoms with Gasteiger partial charge in [-0.1, -0.05) is 48.5 Å². The third-order valence-corrected chi connectivity index (χ3v) is 3.19. The van der Waals surface area contributed by atoms with E-state index >= 15 is 0 Å². The number of para-hydroxylation sites is 1. The van der Waals surface area contributed by atoms with Crippen molar-refractivity contribution in [1.82, 2.24) is 0 Å². The van der Waals surface area contributed by atoms with E-state index in [1.165, 1.54) is 12.1 Å². The van der Waals surface area contributed by atoms with Crippen molar-refractivity contribution in [3.05, 3.63) is 65.7 Å². The lowest BCUT2D eigenvalue weighted by Gasteiger charge is -2.23. The van der Waals surface area contributed by atoms with Crippen LogP contribution >= 0.6 is 0 Å². The van der Waals surface area contributed by atoms with Crippen molar-refractivity contribution in [2.45, 2.75) is 24.9 Å². The summed E-state index contributed by atoms with van der Waals surface area (Å²) in [5.41, 5.74) is 6.54. The van der Waals surface area contributed by atoms with Crippen molar-refractivity contribution >= 4 is 0 Å². The molecule has 0 radical (unpaired) electrons. The Morgan fingerprint density at radius 3 is 2.23 bits per heavy atom. The van der Waals surface area contributed by atoms with Crippen LogP contribution in [0.4, 0.5) is 13.2 Å². The van der Waals surface area contributed by atoms with Crippen LogP contribution in [0.3, 0.4) is 0 Å². The fourth-order valence-corrected chi connectivity index (χ4v) is 2.00. The Morgan fingerprint density at radius 2 is 1.59 bits per heavy atom. The molecule has 0 aliphatic heterocycles. The summed E-state index contributed by atoms with van der Waals surface area (Å²) in [6.07, 6.45) is -7.43. The van der Waals surface area contributed by atoms with E-state index < -0.39 is 18.3 Å². The zero-order chi connectivity index (χ0) is 16.2. The Kier molecular flexibility index (Phi) is 5.05. The van der Waals surface area contributed by atoms with Gasteiger partial charge in [0.05, 0.1) is 6.04 Å². The molecule has 0 amide bonds. The number of alkyl halides is 3. The number of hydrogen-bond acceptors (Lipinski definition) is 3. The first-order chi connectivity index (χ1) is 10.4. The maximum absolute atomic E-state index is 12.6. The average Bonchev–Trinajstić information content (AvgIpc) is 2.52. The second-order valence-corrected chi connectivity index (χ2v) is 4.82. The van der Waals surface area contributed by atoms with Gasteiger partial charge in [0.2, 0.25) is 0 Å². The van der Waals surface area contributed by atoms with Gasteiger partial charge in [-0.3, -0.25) is 0 Å². The Morgan fingerprint density at radius 1 is 1.00 bits per heavy atom. The lowest BCUT2D eigenvalue weighted by Crippen LogP contribution is -2.39. The number of hydrogen-bond donors (Lipinski definition) is 2. The maximum atomic E-state index is 12.6. The standard InChI is InChI=1S/C16H16F3NO2/c17-16(18,19)15(21)14(20)12-8-4-5-9-13(12)22-10-11-6-2-1-3-7-11/h1-9,14-15,21H,10,20H2/t14-,15-/m1/s1. The predicted molar refractivity (Wildman–Crippen MR) is 76.2 cm³/mol. The summed E-state index contributed by atoms with van der Waals surface area (Å²) in [5.74, 6) is 0.224. The quantitative estimate of drug-likeness (QED) is 0.891. The van der Waals surface area contributed by atoms with Crippen molar-refractivity contribution in [1.29, 1.82) is 0 Å². The first-order valence-electron chi connectivity index (χ1n) is 6.65. The monoisotopic (exact) mass is 311 g/mol. The lowest BCUT2D eigenvalue weighted by molar-refractivity contribution is -0.210.